The summed E-state index contributed by atoms with van der Waals surface area (Å²) in [6.45, 7) is 3.35. The number of amides is 1. The molecule has 1 aliphatic heterocycles. The van der Waals surface area contributed by atoms with Crippen LogP contribution in [0.2, 0.25) is 5.02 Å². The SMILES string of the molecule is C[C@@H]1CN(C[C@@H](O)c2cccc(Cl)c2)C[C@@H](C(N)=O)O1. The summed E-state index contributed by atoms with van der Waals surface area (Å²) in [6.07, 6.45) is -1.37. The third-order valence-electron chi connectivity index (χ3n) is 3.32. The van der Waals surface area contributed by atoms with Gasteiger partial charge in [-0.05, 0) is 24.6 Å². The number of halogens is 1. The van der Waals surface area contributed by atoms with Crippen molar-refractivity contribution in [3.8, 4) is 0 Å². The Kier molecular flexibility index (Phi) is 4.99. The predicted octanol–water partition coefficient (Wildman–Crippen LogP) is 0.948. The molecule has 0 saturated carbocycles. The van der Waals surface area contributed by atoms with Crippen molar-refractivity contribution in [1.82, 2.24) is 4.90 Å². The van der Waals surface area contributed by atoms with Gasteiger partial charge in [-0.15, -0.1) is 0 Å². The average molecular weight is 299 g/mol. The number of morpholine rings is 1. The van der Waals surface area contributed by atoms with Gasteiger partial charge in [0.05, 0.1) is 12.2 Å². The van der Waals surface area contributed by atoms with Gasteiger partial charge in [0.1, 0.15) is 6.10 Å². The van der Waals surface area contributed by atoms with Gasteiger partial charge in [-0.25, -0.2) is 0 Å². The van der Waals surface area contributed by atoms with Crippen LogP contribution < -0.4 is 5.73 Å². The number of aliphatic hydroxyl groups excluding tert-OH is 1. The normalized spacial score (nSPS) is 25.4. The lowest BCUT2D eigenvalue weighted by Crippen LogP contribution is -2.52. The number of carbonyl (C=O) groups excluding carboxylic acids is 1. The number of β-amino-alcohol motifs (C(OH)–C–C–N with tert-alkyl or cyclic N) is 1. The summed E-state index contributed by atoms with van der Waals surface area (Å²) < 4.78 is 5.47. The molecular weight excluding hydrogens is 280 g/mol. The van der Waals surface area contributed by atoms with E-state index in [0.717, 1.165) is 5.56 Å². The van der Waals surface area contributed by atoms with Crippen LogP contribution in [0.3, 0.4) is 0 Å². The fraction of sp³-hybridized carbons (Fsp3) is 0.500. The third kappa shape index (κ3) is 3.93. The molecule has 1 aromatic carbocycles. The highest BCUT2D eigenvalue weighted by Crippen LogP contribution is 2.20. The first kappa shape index (κ1) is 15.3. The molecule has 1 amide bonds. The van der Waals surface area contributed by atoms with E-state index >= 15 is 0 Å². The summed E-state index contributed by atoms with van der Waals surface area (Å²) in [5.41, 5.74) is 6.04. The zero-order chi connectivity index (χ0) is 14.7. The minimum Gasteiger partial charge on any atom is -0.387 e. The second kappa shape index (κ2) is 6.54. The third-order valence-corrected chi connectivity index (χ3v) is 3.55. The van der Waals surface area contributed by atoms with E-state index in [-0.39, 0.29) is 6.10 Å². The van der Waals surface area contributed by atoms with Crippen LogP contribution in [-0.4, -0.2) is 47.8 Å². The minimum atomic E-state index is -0.660. The van der Waals surface area contributed by atoms with Gasteiger partial charge >= 0.3 is 0 Å². The lowest BCUT2D eigenvalue weighted by Gasteiger charge is -2.36. The van der Waals surface area contributed by atoms with Crippen molar-refractivity contribution in [3.63, 3.8) is 0 Å². The van der Waals surface area contributed by atoms with E-state index in [1.54, 1.807) is 18.2 Å². The minimum absolute atomic E-state index is 0.0900. The largest absolute Gasteiger partial charge is 0.387 e. The Labute approximate surface area is 123 Å². The fourth-order valence-electron chi connectivity index (χ4n) is 2.41. The van der Waals surface area contributed by atoms with Crippen molar-refractivity contribution in [3.05, 3.63) is 34.9 Å². The van der Waals surface area contributed by atoms with Crippen LogP contribution in [0.25, 0.3) is 0 Å². The first-order valence-electron chi connectivity index (χ1n) is 6.56. The molecule has 1 aliphatic rings. The standard InChI is InChI=1S/C14H19ClN2O3/c1-9-6-17(8-13(20-9)14(16)19)7-12(18)10-3-2-4-11(15)5-10/h2-5,9,12-13,18H,6-8H2,1H3,(H2,16,19)/t9-,12-,13+/m1/s1. The Balaban J connectivity index is 1.99. The van der Waals surface area contributed by atoms with Crippen molar-refractivity contribution in [2.24, 2.45) is 5.73 Å². The lowest BCUT2D eigenvalue weighted by atomic mass is 10.1. The van der Waals surface area contributed by atoms with Gasteiger partial charge in [0.15, 0.2) is 0 Å². The second-order valence-electron chi connectivity index (χ2n) is 5.13. The van der Waals surface area contributed by atoms with Crippen molar-refractivity contribution in [1.29, 1.82) is 0 Å². The summed E-state index contributed by atoms with van der Waals surface area (Å²) >= 11 is 5.91. The van der Waals surface area contributed by atoms with Gasteiger partial charge in [0.25, 0.3) is 0 Å². The van der Waals surface area contributed by atoms with Gasteiger partial charge in [-0.2, -0.15) is 0 Å². The predicted molar refractivity (Wildman–Crippen MR) is 76.4 cm³/mol. The van der Waals surface area contributed by atoms with Crippen LogP contribution in [0, 0.1) is 0 Å². The molecule has 1 saturated heterocycles. The molecule has 0 unspecified atom stereocenters. The average Bonchev–Trinajstić information content (AvgIpc) is 2.37. The van der Waals surface area contributed by atoms with E-state index in [0.29, 0.717) is 24.7 Å². The Morgan fingerprint density at radius 1 is 1.60 bits per heavy atom. The molecule has 3 atom stereocenters. The molecule has 1 heterocycles. The van der Waals surface area contributed by atoms with E-state index in [1.807, 2.05) is 17.9 Å². The van der Waals surface area contributed by atoms with Crippen LogP contribution in [0.15, 0.2) is 24.3 Å². The van der Waals surface area contributed by atoms with Crippen LogP contribution in [0.1, 0.15) is 18.6 Å². The number of ether oxygens (including phenoxy) is 1. The van der Waals surface area contributed by atoms with E-state index in [9.17, 15) is 9.90 Å². The molecule has 110 valence electrons. The molecule has 1 fully saturated rings. The van der Waals surface area contributed by atoms with Gasteiger partial charge < -0.3 is 15.6 Å². The Hall–Kier alpha value is -1.14. The Bertz CT molecular complexity index is 483. The second-order valence-corrected chi connectivity index (χ2v) is 5.56. The van der Waals surface area contributed by atoms with Gasteiger partial charge in [-0.1, -0.05) is 23.7 Å². The molecule has 20 heavy (non-hydrogen) atoms. The number of nitrogens with zero attached hydrogens (tertiary/aromatic N) is 1. The highest BCUT2D eigenvalue weighted by Gasteiger charge is 2.30. The van der Waals surface area contributed by atoms with Crippen molar-refractivity contribution < 1.29 is 14.6 Å². The first-order valence-corrected chi connectivity index (χ1v) is 6.94. The monoisotopic (exact) mass is 298 g/mol. The number of carbonyl (C=O) groups is 1. The van der Waals surface area contributed by atoms with Crippen LogP contribution in [0.4, 0.5) is 0 Å². The molecule has 0 radical (unpaired) electrons. The molecule has 3 N–H and O–H groups in total. The van der Waals surface area contributed by atoms with Crippen molar-refractivity contribution in [2.75, 3.05) is 19.6 Å². The quantitative estimate of drug-likeness (QED) is 0.868. The summed E-state index contributed by atoms with van der Waals surface area (Å²) in [5.74, 6) is -0.473. The van der Waals surface area contributed by atoms with Crippen molar-refractivity contribution >= 4 is 17.5 Å². The zero-order valence-electron chi connectivity index (χ0n) is 11.3. The van der Waals surface area contributed by atoms with Crippen molar-refractivity contribution in [2.45, 2.75) is 25.2 Å². The Morgan fingerprint density at radius 2 is 2.35 bits per heavy atom. The number of primary amides is 1. The van der Waals surface area contributed by atoms with E-state index in [4.69, 9.17) is 22.1 Å². The van der Waals surface area contributed by atoms with Gasteiger partial charge in [0.2, 0.25) is 5.91 Å². The molecule has 1 aromatic rings. The molecular formula is C14H19ClN2O3. The maximum absolute atomic E-state index is 11.2. The lowest BCUT2D eigenvalue weighted by molar-refractivity contribution is -0.143. The van der Waals surface area contributed by atoms with E-state index in [1.165, 1.54) is 0 Å². The first-order chi connectivity index (χ1) is 9.45. The molecule has 0 aliphatic carbocycles. The number of rotatable bonds is 4. The van der Waals surface area contributed by atoms with E-state index < -0.39 is 18.1 Å². The molecule has 0 spiro atoms. The van der Waals surface area contributed by atoms with Crippen LogP contribution in [-0.2, 0) is 9.53 Å². The molecule has 2 rings (SSSR count). The zero-order valence-corrected chi connectivity index (χ0v) is 12.1. The summed E-state index contributed by atoms with van der Waals surface area (Å²) in [7, 11) is 0. The highest BCUT2D eigenvalue weighted by molar-refractivity contribution is 6.30. The topological polar surface area (TPSA) is 75.8 Å². The Morgan fingerprint density at radius 3 is 3.00 bits per heavy atom. The molecule has 0 bridgehead atoms. The van der Waals surface area contributed by atoms with Crippen LogP contribution >= 0.6 is 11.6 Å². The van der Waals surface area contributed by atoms with Crippen LogP contribution in [0.5, 0.6) is 0 Å². The molecule has 0 aromatic heterocycles. The summed E-state index contributed by atoms with van der Waals surface area (Å²) in [6, 6.07) is 7.13. The fourth-order valence-corrected chi connectivity index (χ4v) is 2.61. The summed E-state index contributed by atoms with van der Waals surface area (Å²) in [5, 5.41) is 10.8. The number of hydrogen-bond acceptors (Lipinski definition) is 4. The van der Waals surface area contributed by atoms with Gasteiger partial charge in [-0.3, -0.25) is 9.69 Å². The number of benzene rings is 1. The summed E-state index contributed by atoms with van der Waals surface area (Å²) in [4.78, 5) is 13.2. The maximum Gasteiger partial charge on any atom is 0.247 e. The highest BCUT2D eigenvalue weighted by atomic mass is 35.5. The molecule has 5 nitrogen and oxygen atoms in total. The number of aliphatic hydroxyl groups is 1. The van der Waals surface area contributed by atoms with Gasteiger partial charge in [0, 0.05) is 24.7 Å². The smallest absolute Gasteiger partial charge is 0.247 e. The van der Waals surface area contributed by atoms with E-state index in [2.05, 4.69) is 0 Å². The maximum atomic E-state index is 11.2. The number of hydrogen-bond donors (Lipinski definition) is 2. The molecule has 6 heteroatoms. The number of nitrogens with two attached hydrogens (primary N) is 1.